The Bertz CT molecular complexity index is 420. The largest absolute Gasteiger partial charge is 0.381 e. The highest BCUT2D eigenvalue weighted by molar-refractivity contribution is 5.84. The molecule has 0 aromatic rings. The first-order valence-electron chi connectivity index (χ1n) is 8.90. The SMILES string of the molecule is CN1C(=O)[C@@H](OCC2CC2)[C@H]2CN(CC3CCOCC3)C[C@H]21. The average molecular weight is 308 g/mol. The molecule has 3 saturated heterocycles. The summed E-state index contributed by atoms with van der Waals surface area (Å²) in [5.74, 6) is 2.06. The molecule has 22 heavy (non-hydrogen) atoms. The van der Waals surface area contributed by atoms with Crippen LogP contribution in [-0.4, -0.2) is 74.4 Å². The minimum Gasteiger partial charge on any atom is -0.381 e. The van der Waals surface area contributed by atoms with Gasteiger partial charge in [-0.15, -0.1) is 0 Å². The maximum Gasteiger partial charge on any atom is 0.252 e. The fraction of sp³-hybridized carbons (Fsp3) is 0.941. The van der Waals surface area contributed by atoms with E-state index in [0.29, 0.717) is 12.0 Å². The van der Waals surface area contributed by atoms with Crippen molar-refractivity contribution >= 4 is 5.91 Å². The Morgan fingerprint density at radius 1 is 1.14 bits per heavy atom. The van der Waals surface area contributed by atoms with Gasteiger partial charge in [0.25, 0.3) is 5.91 Å². The van der Waals surface area contributed by atoms with Crippen molar-refractivity contribution in [2.75, 3.05) is 46.5 Å². The Balaban J connectivity index is 1.35. The van der Waals surface area contributed by atoms with Crippen LogP contribution in [0.15, 0.2) is 0 Å². The third-order valence-electron chi connectivity index (χ3n) is 5.95. The Labute approximate surface area is 132 Å². The lowest BCUT2D eigenvalue weighted by atomic mass is 9.99. The molecule has 1 saturated carbocycles. The van der Waals surface area contributed by atoms with E-state index in [-0.39, 0.29) is 12.0 Å². The molecule has 0 spiro atoms. The van der Waals surface area contributed by atoms with Gasteiger partial charge in [-0.1, -0.05) is 0 Å². The third kappa shape index (κ3) is 2.91. The first-order chi connectivity index (χ1) is 10.7. The molecular formula is C17H28N2O3. The van der Waals surface area contributed by atoms with Crippen molar-refractivity contribution in [3.63, 3.8) is 0 Å². The molecule has 124 valence electrons. The molecule has 5 heteroatoms. The summed E-state index contributed by atoms with van der Waals surface area (Å²) in [6.07, 6.45) is 4.74. The van der Waals surface area contributed by atoms with Gasteiger partial charge in [-0.25, -0.2) is 0 Å². The van der Waals surface area contributed by atoms with Gasteiger partial charge in [-0.2, -0.15) is 0 Å². The van der Waals surface area contributed by atoms with Gasteiger partial charge in [0.15, 0.2) is 0 Å². The summed E-state index contributed by atoms with van der Waals surface area (Å²) in [5, 5.41) is 0. The number of likely N-dealkylation sites (N-methyl/N-ethyl adjacent to an activating group) is 1. The van der Waals surface area contributed by atoms with E-state index in [2.05, 4.69) is 4.90 Å². The second-order valence-electron chi connectivity index (χ2n) is 7.65. The van der Waals surface area contributed by atoms with Gasteiger partial charge in [0, 0.05) is 45.8 Å². The monoisotopic (exact) mass is 308 g/mol. The van der Waals surface area contributed by atoms with E-state index in [4.69, 9.17) is 9.47 Å². The smallest absolute Gasteiger partial charge is 0.252 e. The van der Waals surface area contributed by atoms with Gasteiger partial charge in [0.2, 0.25) is 0 Å². The van der Waals surface area contributed by atoms with Crippen LogP contribution in [0, 0.1) is 17.8 Å². The highest BCUT2D eigenvalue weighted by Crippen LogP contribution is 2.36. The van der Waals surface area contributed by atoms with Crippen LogP contribution in [0.25, 0.3) is 0 Å². The Morgan fingerprint density at radius 3 is 2.64 bits per heavy atom. The second-order valence-corrected chi connectivity index (χ2v) is 7.65. The highest BCUT2D eigenvalue weighted by Gasteiger charge is 2.52. The van der Waals surface area contributed by atoms with Crippen LogP contribution in [0.5, 0.6) is 0 Å². The zero-order chi connectivity index (χ0) is 15.1. The number of rotatable bonds is 5. The van der Waals surface area contributed by atoms with Crippen LogP contribution in [0.4, 0.5) is 0 Å². The van der Waals surface area contributed by atoms with Crippen LogP contribution in [-0.2, 0) is 14.3 Å². The molecule has 0 unspecified atom stereocenters. The fourth-order valence-electron chi connectivity index (χ4n) is 4.31. The lowest BCUT2D eigenvalue weighted by Gasteiger charge is -2.28. The molecular weight excluding hydrogens is 280 g/mol. The van der Waals surface area contributed by atoms with E-state index in [0.717, 1.165) is 51.3 Å². The summed E-state index contributed by atoms with van der Waals surface area (Å²) in [5.41, 5.74) is 0. The second kappa shape index (κ2) is 6.10. The van der Waals surface area contributed by atoms with Gasteiger partial charge in [0.1, 0.15) is 6.10 Å². The van der Waals surface area contributed by atoms with E-state index in [9.17, 15) is 4.79 Å². The van der Waals surface area contributed by atoms with Gasteiger partial charge < -0.3 is 19.3 Å². The van der Waals surface area contributed by atoms with Gasteiger partial charge >= 0.3 is 0 Å². The van der Waals surface area contributed by atoms with Crippen LogP contribution >= 0.6 is 0 Å². The minimum atomic E-state index is -0.185. The van der Waals surface area contributed by atoms with Crippen molar-refractivity contribution in [1.82, 2.24) is 9.80 Å². The number of hydrogen-bond donors (Lipinski definition) is 0. The summed E-state index contributed by atoms with van der Waals surface area (Å²) >= 11 is 0. The van der Waals surface area contributed by atoms with E-state index >= 15 is 0 Å². The highest BCUT2D eigenvalue weighted by atomic mass is 16.5. The topological polar surface area (TPSA) is 42.0 Å². The number of nitrogens with zero attached hydrogens (tertiary/aromatic N) is 2. The zero-order valence-corrected chi connectivity index (χ0v) is 13.6. The first kappa shape index (κ1) is 14.9. The van der Waals surface area contributed by atoms with Crippen molar-refractivity contribution in [2.24, 2.45) is 17.8 Å². The van der Waals surface area contributed by atoms with Crippen LogP contribution in [0.3, 0.4) is 0 Å². The van der Waals surface area contributed by atoms with Crippen LogP contribution < -0.4 is 0 Å². The normalized spacial score (nSPS) is 37.0. The Kier molecular flexibility index (Phi) is 4.13. The maximum atomic E-state index is 12.4. The summed E-state index contributed by atoms with van der Waals surface area (Å²) in [7, 11) is 1.96. The molecule has 4 rings (SSSR count). The quantitative estimate of drug-likeness (QED) is 0.759. The molecule has 4 aliphatic rings. The molecule has 5 nitrogen and oxygen atoms in total. The lowest BCUT2D eigenvalue weighted by molar-refractivity contribution is -0.138. The summed E-state index contributed by atoms with van der Waals surface area (Å²) in [6, 6.07) is 0.358. The average Bonchev–Trinajstić information content (AvgIpc) is 3.23. The third-order valence-corrected chi connectivity index (χ3v) is 5.95. The number of carbonyl (C=O) groups excluding carboxylic acids is 1. The van der Waals surface area contributed by atoms with E-state index in [1.54, 1.807) is 0 Å². The molecule has 3 atom stereocenters. The molecule has 1 amide bonds. The predicted octanol–water partition coefficient (Wildman–Crippen LogP) is 0.981. The summed E-state index contributed by atoms with van der Waals surface area (Å²) in [4.78, 5) is 16.9. The van der Waals surface area contributed by atoms with Crippen LogP contribution in [0.1, 0.15) is 25.7 Å². The molecule has 3 heterocycles. The predicted molar refractivity (Wildman–Crippen MR) is 82.5 cm³/mol. The number of fused-ring (bicyclic) bond motifs is 1. The van der Waals surface area contributed by atoms with Crippen molar-refractivity contribution in [3.8, 4) is 0 Å². The van der Waals surface area contributed by atoms with Crippen molar-refractivity contribution in [1.29, 1.82) is 0 Å². The molecule has 0 N–H and O–H groups in total. The maximum absolute atomic E-state index is 12.4. The Hall–Kier alpha value is -0.650. The van der Waals surface area contributed by atoms with Crippen molar-refractivity contribution in [3.05, 3.63) is 0 Å². The fourth-order valence-corrected chi connectivity index (χ4v) is 4.31. The van der Waals surface area contributed by atoms with E-state index in [1.165, 1.54) is 25.7 Å². The number of ether oxygens (including phenoxy) is 2. The van der Waals surface area contributed by atoms with Crippen LogP contribution in [0.2, 0.25) is 0 Å². The Morgan fingerprint density at radius 2 is 1.91 bits per heavy atom. The number of carbonyl (C=O) groups is 1. The standard InChI is InChI=1S/C17H28N2O3/c1-18-15-10-19(8-12-4-6-21-7-5-12)9-14(15)16(17(18)20)22-11-13-2-3-13/h12-16H,2-11H2,1H3/t14-,15+,16-/m0/s1. The minimum absolute atomic E-state index is 0.185. The molecule has 0 bridgehead atoms. The number of likely N-dealkylation sites (tertiary alicyclic amines) is 2. The molecule has 1 aliphatic carbocycles. The summed E-state index contributed by atoms with van der Waals surface area (Å²) < 4.78 is 11.5. The molecule has 0 aromatic heterocycles. The van der Waals surface area contributed by atoms with Crippen molar-refractivity contribution in [2.45, 2.75) is 37.8 Å². The molecule has 4 fully saturated rings. The van der Waals surface area contributed by atoms with Gasteiger partial charge in [-0.3, -0.25) is 4.79 Å². The van der Waals surface area contributed by atoms with Crippen molar-refractivity contribution < 1.29 is 14.3 Å². The number of amides is 1. The number of hydrogen-bond acceptors (Lipinski definition) is 4. The molecule has 0 aromatic carbocycles. The van der Waals surface area contributed by atoms with Gasteiger partial charge in [-0.05, 0) is 37.5 Å². The van der Waals surface area contributed by atoms with E-state index < -0.39 is 0 Å². The first-order valence-corrected chi connectivity index (χ1v) is 8.90. The molecule has 3 aliphatic heterocycles. The van der Waals surface area contributed by atoms with Gasteiger partial charge in [0.05, 0.1) is 12.6 Å². The molecule has 0 radical (unpaired) electrons. The zero-order valence-electron chi connectivity index (χ0n) is 13.6. The van der Waals surface area contributed by atoms with E-state index in [1.807, 2.05) is 11.9 Å². The lowest BCUT2D eigenvalue weighted by Crippen LogP contribution is -2.39. The summed E-state index contributed by atoms with van der Waals surface area (Å²) in [6.45, 7) is 5.82.